The third-order valence-corrected chi connectivity index (χ3v) is 3.13. The standard InChI is InChI=1S/C19H23NO2/c1-14-5-7-15(8-6-14)13-16-9-11-17(12-10-16)20-18(21)22-19(2,3)4/h5-12H,13H2,1-4H3,(H,20,21). The Morgan fingerprint density at radius 3 is 1.95 bits per heavy atom. The number of rotatable bonds is 3. The van der Waals surface area contributed by atoms with Crippen molar-refractivity contribution < 1.29 is 9.53 Å². The minimum Gasteiger partial charge on any atom is -0.444 e. The second-order valence-electron chi connectivity index (χ2n) is 6.49. The van der Waals surface area contributed by atoms with E-state index in [1.54, 1.807) is 0 Å². The zero-order chi connectivity index (χ0) is 16.2. The molecule has 0 aliphatic rings. The molecule has 0 saturated heterocycles. The molecule has 3 heteroatoms. The van der Waals surface area contributed by atoms with E-state index in [0.29, 0.717) is 0 Å². The normalized spacial score (nSPS) is 11.1. The summed E-state index contributed by atoms with van der Waals surface area (Å²) in [5, 5.41) is 2.74. The van der Waals surface area contributed by atoms with Crippen molar-refractivity contribution in [2.45, 2.75) is 39.7 Å². The SMILES string of the molecule is Cc1ccc(Cc2ccc(NC(=O)OC(C)(C)C)cc2)cc1. The van der Waals surface area contributed by atoms with Crippen LogP contribution in [0.4, 0.5) is 10.5 Å². The van der Waals surface area contributed by atoms with Crippen molar-refractivity contribution in [3.8, 4) is 0 Å². The zero-order valence-electron chi connectivity index (χ0n) is 13.6. The Hall–Kier alpha value is -2.29. The molecule has 3 nitrogen and oxygen atoms in total. The van der Waals surface area contributed by atoms with E-state index in [-0.39, 0.29) is 0 Å². The lowest BCUT2D eigenvalue weighted by Gasteiger charge is -2.19. The molecule has 0 saturated carbocycles. The van der Waals surface area contributed by atoms with E-state index in [1.165, 1.54) is 16.7 Å². The van der Waals surface area contributed by atoms with Crippen molar-refractivity contribution in [2.75, 3.05) is 5.32 Å². The number of amides is 1. The van der Waals surface area contributed by atoms with Crippen LogP contribution in [-0.4, -0.2) is 11.7 Å². The molecule has 0 heterocycles. The highest BCUT2D eigenvalue weighted by atomic mass is 16.6. The minimum atomic E-state index is -0.491. The summed E-state index contributed by atoms with van der Waals surface area (Å²) in [6.07, 6.45) is 0.450. The average Bonchev–Trinajstić information content (AvgIpc) is 2.41. The van der Waals surface area contributed by atoms with Crippen molar-refractivity contribution in [2.24, 2.45) is 0 Å². The zero-order valence-corrected chi connectivity index (χ0v) is 13.6. The van der Waals surface area contributed by atoms with Gasteiger partial charge in [-0.15, -0.1) is 0 Å². The lowest BCUT2D eigenvalue weighted by molar-refractivity contribution is 0.0636. The van der Waals surface area contributed by atoms with E-state index in [0.717, 1.165) is 12.1 Å². The fourth-order valence-corrected chi connectivity index (χ4v) is 2.07. The van der Waals surface area contributed by atoms with Crippen LogP contribution in [-0.2, 0) is 11.2 Å². The van der Waals surface area contributed by atoms with Gasteiger partial charge in [-0.25, -0.2) is 4.79 Å². The number of carbonyl (C=O) groups excluding carboxylic acids is 1. The maximum absolute atomic E-state index is 11.7. The first-order valence-electron chi connectivity index (χ1n) is 7.46. The van der Waals surface area contributed by atoms with Crippen LogP contribution in [0.25, 0.3) is 0 Å². The van der Waals surface area contributed by atoms with Gasteiger partial charge in [0.25, 0.3) is 0 Å². The highest BCUT2D eigenvalue weighted by Crippen LogP contribution is 2.15. The second-order valence-corrected chi connectivity index (χ2v) is 6.49. The van der Waals surface area contributed by atoms with E-state index >= 15 is 0 Å². The minimum absolute atomic E-state index is 0.432. The van der Waals surface area contributed by atoms with Crippen LogP contribution in [0, 0.1) is 6.92 Å². The van der Waals surface area contributed by atoms with Gasteiger partial charge in [0.1, 0.15) is 5.60 Å². The van der Waals surface area contributed by atoms with Crippen molar-refractivity contribution in [3.05, 3.63) is 65.2 Å². The molecule has 0 unspecified atom stereocenters. The summed E-state index contributed by atoms with van der Waals surface area (Å²) in [6, 6.07) is 16.4. The molecule has 0 bridgehead atoms. The highest BCUT2D eigenvalue weighted by molar-refractivity contribution is 5.84. The van der Waals surface area contributed by atoms with Gasteiger partial charge in [0.2, 0.25) is 0 Å². The molecule has 1 amide bonds. The van der Waals surface area contributed by atoms with Crippen LogP contribution in [0.5, 0.6) is 0 Å². The Bertz CT molecular complexity index is 622. The molecule has 2 aromatic carbocycles. The van der Waals surface area contributed by atoms with Gasteiger partial charge in [0, 0.05) is 5.69 Å². The van der Waals surface area contributed by atoms with E-state index in [9.17, 15) is 4.79 Å². The van der Waals surface area contributed by atoms with Crippen LogP contribution in [0.1, 0.15) is 37.5 Å². The van der Waals surface area contributed by atoms with Crippen LogP contribution >= 0.6 is 0 Å². The molecule has 0 radical (unpaired) electrons. The number of hydrogen-bond donors (Lipinski definition) is 1. The summed E-state index contributed by atoms with van der Waals surface area (Å²) in [7, 11) is 0. The van der Waals surface area contributed by atoms with Crippen LogP contribution < -0.4 is 5.32 Å². The van der Waals surface area contributed by atoms with Crippen molar-refractivity contribution >= 4 is 11.8 Å². The number of anilines is 1. The number of carbonyl (C=O) groups is 1. The molecular formula is C19H23NO2. The van der Waals surface area contributed by atoms with Gasteiger partial charge in [-0.2, -0.15) is 0 Å². The fraction of sp³-hybridized carbons (Fsp3) is 0.316. The van der Waals surface area contributed by atoms with Crippen molar-refractivity contribution in [1.29, 1.82) is 0 Å². The van der Waals surface area contributed by atoms with Gasteiger partial charge < -0.3 is 4.74 Å². The number of nitrogens with one attached hydrogen (secondary N) is 1. The molecule has 116 valence electrons. The van der Waals surface area contributed by atoms with Gasteiger partial charge in [0.05, 0.1) is 0 Å². The van der Waals surface area contributed by atoms with Crippen LogP contribution in [0.3, 0.4) is 0 Å². The predicted molar refractivity (Wildman–Crippen MR) is 90.3 cm³/mol. The fourth-order valence-electron chi connectivity index (χ4n) is 2.07. The van der Waals surface area contributed by atoms with Crippen LogP contribution in [0.2, 0.25) is 0 Å². The Balaban J connectivity index is 1.95. The van der Waals surface area contributed by atoms with Gasteiger partial charge in [-0.05, 0) is 57.4 Å². The predicted octanol–water partition coefficient (Wildman–Crippen LogP) is 4.93. The van der Waals surface area contributed by atoms with Crippen molar-refractivity contribution in [3.63, 3.8) is 0 Å². The van der Waals surface area contributed by atoms with Gasteiger partial charge in [-0.1, -0.05) is 42.0 Å². The summed E-state index contributed by atoms with van der Waals surface area (Å²) >= 11 is 0. The number of ether oxygens (including phenoxy) is 1. The summed E-state index contributed by atoms with van der Waals surface area (Å²) in [5.41, 5.74) is 4.00. The molecule has 2 aromatic rings. The first-order valence-corrected chi connectivity index (χ1v) is 7.46. The van der Waals surface area contributed by atoms with E-state index in [4.69, 9.17) is 4.74 Å². The topological polar surface area (TPSA) is 38.3 Å². The molecule has 2 rings (SSSR count). The summed E-state index contributed by atoms with van der Waals surface area (Å²) in [4.78, 5) is 11.7. The first kappa shape index (κ1) is 16.1. The smallest absolute Gasteiger partial charge is 0.412 e. The lowest BCUT2D eigenvalue weighted by Crippen LogP contribution is -2.27. The number of hydrogen-bond acceptors (Lipinski definition) is 2. The molecular weight excluding hydrogens is 274 g/mol. The lowest BCUT2D eigenvalue weighted by atomic mass is 10.0. The van der Waals surface area contributed by atoms with Crippen molar-refractivity contribution in [1.82, 2.24) is 0 Å². The Morgan fingerprint density at radius 2 is 1.45 bits per heavy atom. The van der Waals surface area contributed by atoms with Gasteiger partial charge >= 0.3 is 6.09 Å². The molecule has 0 fully saturated rings. The maximum atomic E-state index is 11.7. The molecule has 22 heavy (non-hydrogen) atoms. The maximum Gasteiger partial charge on any atom is 0.412 e. The third-order valence-electron chi connectivity index (χ3n) is 3.13. The summed E-state index contributed by atoms with van der Waals surface area (Å²) in [5.74, 6) is 0. The van der Waals surface area contributed by atoms with E-state index in [1.807, 2.05) is 45.0 Å². The Morgan fingerprint density at radius 1 is 0.955 bits per heavy atom. The monoisotopic (exact) mass is 297 g/mol. The summed E-state index contributed by atoms with van der Waals surface area (Å²) < 4.78 is 5.23. The molecule has 1 N–H and O–H groups in total. The molecule has 0 aliphatic carbocycles. The van der Waals surface area contributed by atoms with E-state index in [2.05, 4.69) is 36.5 Å². The third kappa shape index (κ3) is 5.24. The number of benzene rings is 2. The van der Waals surface area contributed by atoms with Crippen LogP contribution in [0.15, 0.2) is 48.5 Å². The largest absolute Gasteiger partial charge is 0.444 e. The second kappa shape index (κ2) is 6.65. The molecule has 0 atom stereocenters. The molecule has 0 aliphatic heterocycles. The molecule has 0 aromatic heterocycles. The van der Waals surface area contributed by atoms with Gasteiger partial charge in [0.15, 0.2) is 0 Å². The molecule has 0 spiro atoms. The Labute approximate surface area is 132 Å². The number of aryl methyl sites for hydroxylation is 1. The highest BCUT2D eigenvalue weighted by Gasteiger charge is 2.15. The first-order chi connectivity index (χ1) is 10.3. The quantitative estimate of drug-likeness (QED) is 0.872. The van der Waals surface area contributed by atoms with Gasteiger partial charge in [-0.3, -0.25) is 5.32 Å². The van der Waals surface area contributed by atoms with E-state index < -0.39 is 11.7 Å². The average molecular weight is 297 g/mol. The summed E-state index contributed by atoms with van der Waals surface area (Å²) in [6.45, 7) is 7.62. The Kier molecular flexibility index (Phi) is 4.86.